The molecule has 7 nitrogen and oxygen atoms in total. The topological polar surface area (TPSA) is 93.7 Å². The van der Waals surface area contributed by atoms with Gasteiger partial charge < -0.3 is 20.1 Å². The molecule has 0 spiro atoms. The van der Waals surface area contributed by atoms with Crippen LogP contribution in [-0.4, -0.2) is 30.4 Å². The zero-order valence-corrected chi connectivity index (χ0v) is 18.6. The first-order chi connectivity index (χ1) is 15.5. The average molecular weight is 439 g/mol. The summed E-state index contributed by atoms with van der Waals surface area (Å²) < 4.78 is 10.8. The Labute approximate surface area is 188 Å². The molecule has 3 rings (SSSR count). The Balaban J connectivity index is 1.64. The second kappa shape index (κ2) is 11.3. The lowest BCUT2D eigenvalue weighted by atomic mass is 10.0. The second-order valence-electron chi connectivity index (χ2n) is 7.81. The number of carbonyl (C=O) groups excluding carboxylic acids is 3. The largest absolute Gasteiger partial charge is 0.454 e. The van der Waals surface area contributed by atoms with E-state index in [1.807, 2.05) is 38.1 Å². The summed E-state index contributed by atoms with van der Waals surface area (Å²) in [7, 11) is 0. The van der Waals surface area contributed by atoms with E-state index >= 15 is 0 Å². The van der Waals surface area contributed by atoms with Gasteiger partial charge in [0, 0.05) is 5.56 Å². The normalized spacial score (nSPS) is 13.8. The van der Waals surface area contributed by atoms with E-state index in [2.05, 4.69) is 10.6 Å². The number of benzene rings is 2. The second-order valence-corrected chi connectivity index (χ2v) is 7.81. The highest BCUT2D eigenvalue weighted by molar-refractivity contribution is 6.08. The molecular weight excluding hydrogens is 408 g/mol. The third-order valence-corrected chi connectivity index (χ3v) is 5.44. The highest BCUT2D eigenvalue weighted by Crippen LogP contribution is 2.34. The van der Waals surface area contributed by atoms with Gasteiger partial charge >= 0.3 is 0 Å². The third-order valence-electron chi connectivity index (χ3n) is 5.44. The van der Waals surface area contributed by atoms with Crippen LogP contribution in [-0.2, 0) is 9.59 Å². The maximum absolute atomic E-state index is 13.1. The van der Waals surface area contributed by atoms with Gasteiger partial charge in [-0.1, -0.05) is 63.1 Å². The summed E-state index contributed by atoms with van der Waals surface area (Å²) in [5.74, 6) is 0.357. The van der Waals surface area contributed by atoms with Gasteiger partial charge in [0.25, 0.3) is 0 Å². The van der Waals surface area contributed by atoms with Crippen molar-refractivity contribution in [3.8, 4) is 11.5 Å². The summed E-state index contributed by atoms with van der Waals surface area (Å²) >= 11 is 0. The number of ether oxygens (including phenoxy) is 2. The van der Waals surface area contributed by atoms with Gasteiger partial charge in [-0.3, -0.25) is 14.4 Å². The minimum Gasteiger partial charge on any atom is -0.454 e. The van der Waals surface area contributed by atoms with Crippen molar-refractivity contribution in [1.82, 2.24) is 10.6 Å². The molecule has 2 aromatic rings. The summed E-state index contributed by atoms with van der Waals surface area (Å²) in [4.78, 5) is 37.9. The van der Waals surface area contributed by atoms with E-state index in [-0.39, 0.29) is 30.9 Å². The van der Waals surface area contributed by atoms with Gasteiger partial charge in [-0.2, -0.15) is 0 Å². The van der Waals surface area contributed by atoms with Crippen LogP contribution in [0.15, 0.2) is 48.5 Å². The summed E-state index contributed by atoms with van der Waals surface area (Å²) in [5, 5.41) is 5.80. The van der Waals surface area contributed by atoms with Crippen molar-refractivity contribution in [3.63, 3.8) is 0 Å². The SMILES string of the molecule is CCCCC(NC(=O)CC(=O)c1ccccc1)C(=O)NC(CC)c1ccc2c(c1)OCO2. The lowest BCUT2D eigenvalue weighted by Crippen LogP contribution is -2.48. The van der Waals surface area contributed by atoms with Crippen molar-refractivity contribution in [2.45, 2.75) is 58.0 Å². The van der Waals surface area contributed by atoms with E-state index < -0.39 is 11.9 Å². The monoisotopic (exact) mass is 438 g/mol. The molecule has 2 aromatic carbocycles. The summed E-state index contributed by atoms with van der Waals surface area (Å²) in [6.45, 7) is 4.19. The molecule has 2 atom stereocenters. The first kappa shape index (κ1) is 23.3. The summed E-state index contributed by atoms with van der Waals surface area (Å²) in [5.41, 5.74) is 1.39. The molecule has 7 heteroatoms. The average Bonchev–Trinajstić information content (AvgIpc) is 3.28. The molecular formula is C25H30N2O5. The van der Waals surface area contributed by atoms with Gasteiger partial charge in [-0.05, 0) is 30.5 Å². The number of ketones is 1. The fourth-order valence-corrected chi connectivity index (χ4v) is 3.62. The highest BCUT2D eigenvalue weighted by atomic mass is 16.7. The van der Waals surface area contributed by atoms with Crippen molar-refractivity contribution < 1.29 is 23.9 Å². The number of fused-ring (bicyclic) bond motifs is 1. The molecule has 1 aliphatic rings. The van der Waals surface area contributed by atoms with E-state index in [4.69, 9.17) is 9.47 Å². The minimum atomic E-state index is -0.700. The van der Waals surface area contributed by atoms with Crippen molar-refractivity contribution >= 4 is 17.6 Å². The number of amides is 2. The molecule has 0 saturated carbocycles. The Kier molecular flexibility index (Phi) is 8.25. The van der Waals surface area contributed by atoms with Crippen LogP contribution >= 0.6 is 0 Å². The van der Waals surface area contributed by atoms with E-state index in [1.165, 1.54) is 0 Å². The third kappa shape index (κ3) is 6.09. The van der Waals surface area contributed by atoms with E-state index in [1.54, 1.807) is 24.3 Å². The molecule has 0 bridgehead atoms. The number of hydrogen-bond acceptors (Lipinski definition) is 5. The maximum atomic E-state index is 13.1. The van der Waals surface area contributed by atoms with Gasteiger partial charge in [-0.15, -0.1) is 0 Å². The van der Waals surface area contributed by atoms with Gasteiger partial charge in [-0.25, -0.2) is 0 Å². The first-order valence-electron chi connectivity index (χ1n) is 11.1. The number of unbranched alkanes of at least 4 members (excludes halogenated alkanes) is 1. The van der Waals surface area contributed by atoms with E-state index in [0.717, 1.165) is 18.4 Å². The van der Waals surface area contributed by atoms with Crippen molar-refractivity contribution in [2.24, 2.45) is 0 Å². The number of carbonyl (C=O) groups is 3. The molecule has 0 aromatic heterocycles. The molecule has 2 N–H and O–H groups in total. The fourth-order valence-electron chi connectivity index (χ4n) is 3.62. The van der Waals surface area contributed by atoms with Crippen LogP contribution in [0.1, 0.15) is 67.9 Å². The molecule has 2 unspecified atom stereocenters. The van der Waals surface area contributed by atoms with Gasteiger partial charge in [0.2, 0.25) is 18.6 Å². The van der Waals surface area contributed by atoms with Crippen LogP contribution in [0.4, 0.5) is 0 Å². The minimum absolute atomic E-state index is 0.189. The Bertz CT molecular complexity index is 945. The number of nitrogens with one attached hydrogen (secondary N) is 2. The number of rotatable bonds is 11. The van der Waals surface area contributed by atoms with Crippen LogP contribution in [0.25, 0.3) is 0 Å². The lowest BCUT2D eigenvalue weighted by molar-refractivity contribution is -0.129. The molecule has 2 amide bonds. The van der Waals surface area contributed by atoms with Crippen molar-refractivity contribution in [3.05, 3.63) is 59.7 Å². The molecule has 1 aliphatic heterocycles. The smallest absolute Gasteiger partial charge is 0.243 e. The summed E-state index contributed by atoms with van der Waals surface area (Å²) in [6, 6.07) is 13.3. The molecule has 170 valence electrons. The Hall–Kier alpha value is -3.35. The lowest BCUT2D eigenvalue weighted by Gasteiger charge is -2.23. The quantitative estimate of drug-likeness (QED) is 0.410. The predicted molar refractivity (Wildman–Crippen MR) is 121 cm³/mol. The van der Waals surface area contributed by atoms with Crippen LogP contribution < -0.4 is 20.1 Å². The molecule has 32 heavy (non-hydrogen) atoms. The van der Waals surface area contributed by atoms with Gasteiger partial charge in [0.1, 0.15) is 6.04 Å². The van der Waals surface area contributed by atoms with Crippen molar-refractivity contribution in [1.29, 1.82) is 0 Å². The Morgan fingerprint density at radius 3 is 2.44 bits per heavy atom. The van der Waals surface area contributed by atoms with Gasteiger partial charge in [0.05, 0.1) is 12.5 Å². The molecule has 1 heterocycles. The molecule has 0 saturated heterocycles. The van der Waals surface area contributed by atoms with Gasteiger partial charge in [0.15, 0.2) is 17.3 Å². The van der Waals surface area contributed by atoms with E-state index in [0.29, 0.717) is 29.9 Å². The van der Waals surface area contributed by atoms with Crippen molar-refractivity contribution in [2.75, 3.05) is 6.79 Å². The Morgan fingerprint density at radius 1 is 0.969 bits per heavy atom. The zero-order valence-electron chi connectivity index (χ0n) is 18.6. The Morgan fingerprint density at radius 2 is 1.72 bits per heavy atom. The summed E-state index contributed by atoms with van der Waals surface area (Å²) in [6.07, 6.45) is 2.56. The fraction of sp³-hybridized carbons (Fsp3) is 0.400. The van der Waals surface area contributed by atoms with Crippen LogP contribution in [0.2, 0.25) is 0 Å². The van der Waals surface area contributed by atoms with Crippen LogP contribution in [0.5, 0.6) is 11.5 Å². The standard InChI is InChI=1S/C25H30N2O5/c1-3-5-11-20(26-24(29)15-21(28)17-9-7-6-8-10-17)25(30)27-19(4-2)18-12-13-22-23(14-18)32-16-31-22/h6-10,12-14,19-20H,3-5,11,15-16H2,1-2H3,(H,26,29)(H,27,30). The highest BCUT2D eigenvalue weighted by Gasteiger charge is 2.25. The van der Waals surface area contributed by atoms with E-state index in [9.17, 15) is 14.4 Å². The predicted octanol–water partition coefficient (Wildman–Crippen LogP) is 3.93. The maximum Gasteiger partial charge on any atom is 0.243 e. The number of hydrogen-bond donors (Lipinski definition) is 2. The van der Waals surface area contributed by atoms with Crippen LogP contribution in [0.3, 0.4) is 0 Å². The molecule has 0 aliphatic carbocycles. The molecule has 0 fully saturated rings. The van der Waals surface area contributed by atoms with Crippen LogP contribution in [0, 0.1) is 0 Å². The first-order valence-corrected chi connectivity index (χ1v) is 11.1. The zero-order chi connectivity index (χ0) is 22.9. The molecule has 0 radical (unpaired) electrons. The number of Topliss-reactive ketones (excluding diaryl/α,β-unsaturated/α-hetero) is 1.